The average molecular weight is 339 g/mol. The van der Waals surface area contributed by atoms with Crippen molar-refractivity contribution in [3.8, 4) is 6.07 Å². The zero-order valence-electron chi connectivity index (χ0n) is 13.3. The lowest BCUT2D eigenvalue weighted by molar-refractivity contribution is -0.116. The zero-order valence-corrected chi connectivity index (χ0v) is 14.1. The molecule has 0 aliphatic heterocycles. The predicted octanol–water partition coefficient (Wildman–Crippen LogP) is 1.18. The molecule has 7 nitrogen and oxygen atoms in total. The topological polar surface area (TPSA) is 99.5 Å². The first-order chi connectivity index (χ1) is 10.9. The van der Waals surface area contributed by atoms with Gasteiger partial charge in [0.15, 0.2) is 0 Å². The summed E-state index contributed by atoms with van der Waals surface area (Å²) < 4.78 is 29.6. The van der Waals surface area contributed by atoms with Crippen LogP contribution in [0.1, 0.15) is 18.4 Å². The molecule has 0 heterocycles. The van der Waals surface area contributed by atoms with Gasteiger partial charge in [-0.2, -0.15) is 5.26 Å². The van der Waals surface area contributed by atoms with E-state index in [2.05, 4.69) is 5.32 Å². The molecule has 0 fully saturated rings. The number of nitrogens with zero attached hydrogens (tertiary/aromatic N) is 2. The van der Waals surface area contributed by atoms with Crippen LogP contribution in [0.15, 0.2) is 24.3 Å². The van der Waals surface area contributed by atoms with Crippen molar-refractivity contribution in [3.05, 3.63) is 29.8 Å². The molecule has 0 aliphatic carbocycles. The number of methoxy groups -OCH3 is 1. The molecule has 0 bridgehead atoms. The highest BCUT2D eigenvalue weighted by Gasteiger charge is 2.17. The number of benzene rings is 1. The van der Waals surface area contributed by atoms with Gasteiger partial charge >= 0.3 is 0 Å². The Labute approximate surface area is 136 Å². The summed E-state index contributed by atoms with van der Waals surface area (Å²) in [6, 6.07) is 8.63. The Hall–Kier alpha value is -1.95. The molecule has 1 N–H and O–H groups in total. The Balaban J connectivity index is 2.60. The predicted molar refractivity (Wildman–Crippen MR) is 87.3 cm³/mol. The number of nitriles is 1. The van der Waals surface area contributed by atoms with E-state index >= 15 is 0 Å². The molecule has 23 heavy (non-hydrogen) atoms. The highest BCUT2D eigenvalue weighted by Crippen LogP contribution is 2.14. The van der Waals surface area contributed by atoms with E-state index in [0.29, 0.717) is 30.8 Å². The van der Waals surface area contributed by atoms with Crippen LogP contribution in [0.2, 0.25) is 0 Å². The first-order valence-corrected chi connectivity index (χ1v) is 8.96. The number of para-hydroxylation sites is 1. The lowest BCUT2D eigenvalue weighted by Gasteiger charge is -2.19. The third kappa shape index (κ3) is 6.78. The normalized spacial score (nSPS) is 11.2. The van der Waals surface area contributed by atoms with E-state index in [-0.39, 0.29) is 18.9 Å². The minimum absolute atomic E-state index is 0.0137. The quantitative estimate of drug-likeness (QED) is 0.681. The van der Waals surface area contributed by atoms with Gasteiger partial charge in [-0.1, -0.05) is 12.1 Å². The molecule has 8 heteroatoms. The average Bonchev–Trinajstić information content (AvgIpc) is 2.50. The summed E-state index contributed by atoms with van der Waals surface area (Å²) in [4.78, 5) is 12.0. The highest BCUT2D eigenvalue weighted by molar-refractivity contribution is 7.88. The number of hydrogen-bond donors (Lipinski definition) is 1. The maximum atomic E-state index is 12.0. The second-order valence-corrected chi connectivity index (χ2v) is 6.95. The molecular formula is C15H21N3O4S. The van der Waals surface area contributed by atoms with Gasteiger partial charge in [-0.3, -0.25) is 4.79 Å². The number of sulfonamides is 1. The van der Waals surface area contributed by atoms with Gasteiger partial charge in [0.2, 0.25) is 15.9 Å². The van der Waals surface area contributed by atoms with E-state index in [0.717, 1.165) is 6.26 Å². The molecule has 0 atom stereocenters. The second kappa shape index (κ2) is 9.25. The molecule has 126 valence electrons. The third-order valence-electron chi connectivity index (χ3n) is 3.13. The standard InChI is InChI=1S/C15H21N3O4S/c1-22-11-5-9-18(23(2,20)21)10-8-15(19)17-14-7-4-3-6-13(14)12-16/h3-4,6-7H,5,8-11H2,1-2H3,(H,17,19). The summed E-state index contributed by atoms with van der Waals surface area (Å²) in [5.41, 5.74) is 0.784. The second-order valence-electron chi connectivity index (χ2n) is 4.96. The van der Waals surface area contributed by atoms with Crippen LogP contribution in [0.25, 0.3) is 0 Å². The molecular weight excluding hydrogens is 318 g/mol. The van der Waals surface area contributed by atoms with Gasteiger partial charge in [-0.05, 0) is 18.6 Å². The molecule has 0 radical (unpaired) electrons. The SMILES string of the molecule is COCCCN(CCC(=O)Nc1ccccc1C#N)S(C)(=O)=O. The van der Waals surface area contributed by atoms with E-state index in [1.807, 2.05) is 6.07 Å². The molecule has 0 aliphatic rings. The van der Waals surface area contributed by atoms with Gasteiger partial charge in [-0.15, -0.1) is 0 Å². The molecule has 0 unspecified atom stereocenters. The lowest BCUT2D eigenvalue weighted by atomic mass is 10.2. The summed E-state index contributed by atoms with van der Waals surface area (Å²) in [6.07, 6.45) is 1.69. The minimum atomic E-state index is -3.38. The van der Waals surface area contributed by atoms with Gasteiger partial charge in [-0.25, -0.2) is 12.7 Å². The van der Waals surface area contributed by atoms with E-state index in [9.17, 15) is 13.2 Å². The fourth-order valence-electron chi connectivity index (χ4n) is 1.96. The number of nitrogens with one attached hydrogen (secondary N) is 1. The van der Waals surface area contributed by atoms with Crippen LogP contribution >= 0.6 is 0 Å². The van der Waals surface area contributed by atoms with Crippen molar-refractivity contribution in [1.29, 1.82) is 5.26 Å². The highest BCUT2D eigenvalue weighted by atomic mass is 32.2. The number of carbonyl (C=O) groups is 1. The summed E-state index contributed by atoms with van der Waals surface area (Å²) in [6.45, 7) is 0.839. The first-order valence-electron chi connectivity index (χ1n) is 7.11. The molecule has 1 aromatic carbocycles. The number of carbonyl (C=O) groups excluding carboxylic acids is 1. The number of ether oxygens (including phenoxy) is 1. The van der Waals surface area contributed by atoms with E-state index in [1.165, 1.54) is 4.31 Å². The van der Waals surface area contributed by atoms with Crippen molar-refractivity contribution in [2.24, 2.45) is 0 Å². The van der Waals surface area contributed by atoms with Gasteiger partial charge in [0, 0.05) is 33.2 Å². The van der Waals surface area contributed by atoms with Crippen LogP contribution in [-0.2, 0) is 19.6 Å². The Morgan fingerprint density at radius 2 is 2.04 bits per heavy atom. The van der Waals surface area contributed by atoms with Crippen molar-refractivity contribution >= 4 is 21.6 Å². The van der Waals surface area contributed by atoms with Gasteiger partial charge in [0.1, 0.15) is 6.07 Å². The van der Waals surface area contributed by atoms with E-state index in [4.69, 9.17) is 10.00 Å². The van der Waals surface area contributed by atoms with Gasteiger partial charge < -0.3 is 10.1 Å². The van der Waals surface area contributed by atoms with Crippen LogP contribution in [0, 0.1) is 11.3 Å². The number of anilines is 1. The number of amides is 1. The van der Waals surface area contributed by atoms with Crippen LogP contribution in [0.4, 0.5) is 5.69 Å². The third-order valence-corrected chi connectivity index (χ3v) is 4.44. The Morgan fingerprint density at radius 1 is 1.35 bits per heavy atom. The fourth-order valence-corrected chi connectivity index (χ4v) is 2.84. The Kier molecular flexibility index (Phi) is 7.68. The van der Waals surface area contributed by atoms with E-state index in [1.54, 1.807) is 31.4 Å². The molecule has 1 aromatic rings. The molecule has 1 amide bonds. The number of rotatable bonds is 9. The molecule has 0 spiro atoms. The van der Waals surface area contributed by atoms with Crippen molar-refractivity contribution in [2.45, 2.75) is 12.8 Å². The maximum Gasteiger partial charge on any atom is 0.225 e. The van der Waals surface area contributed by atoms with Crippen molar-refractivity contribution in [1.82, 2.24) is 4.31 Å². The van der Waals surface area contributed by atoms with Crippen molar-refractivity contribution < 1.29 is 17.9 Å². The van der Waals surface area contributed by atoms with E-state index < -0.39 is 10.0 Å². The van der Waals surface area contributed by atoms with Crippen LogP contribution < -0.4 is 5.32 Å². The first kappa shape index (κ1) is 19.1. The van der Waals surface area contributed by atoms with Crippen LogP contribution in [0.5, 0.6) is 0 Å². The molecule has 1 rings (SSSR count). The van der Waals surface area contributed by atoms with Crippen molar-refractivity contribution in [3.63, 3.8) is 0 Å². The monoisotopic (exact) mass is 339 g/mol. The maximum absolute atomic E-state index is 12.0. The smallest absolute Gasteiger partial charge is 0.225 e. The summed E-state index contributed by atoms with van der Waals surface area (Å²) in [5.74, 6) is -0.340. The van der Waals surface area contributed by atoms with Crippen LogP contribution in [-0.4, -0.2) is 51.7 Å². The minimum Gasteiger partial charge on any atom is -0.385 e. The summed E-state index contributed by atoms with van der Waals surface area (Å²) >= 11 is 0. The number of hydrogen-bond acceptors (Lipinski definition) is 5. The molecule has 0 saturated carbocycles. The summed E-state index contributed by atoms with van der Waals surface area (Å²) in [7, 11) is -1.83. The Bertz CT molecular complexity index is 668. The molecule has 0 saturated heterocycles. The van der Waals surface area contributed by atoms with Gasteiger partial charge in [0.05, 0.1) is 17.5 Å². The zero-order chi connectivity index (χ0) is 17.3. The van der Waals surface area contributed by atoms with Crippen molar-refractivity contribution in [2.75, 3.05) is 38.4 Å². The molecule has 0 aromatic heterocycles. The Morgan fingerprint density at radius 3 is 2.65 bits per heavy atom. The summed E-state index contributed by atoms with van der Waals surface area (Å²) in [5, 5.41) is 11.6. The van der Waals surface area contributed by atoms with Crippen LogP contribution in [0.3, 0.4) is 0 Å². The van der Waals surface area contributed by atoms with Gasteiger partial charge in [0.25, 0.3) is 0 Å². The largest absolute Gasteiger partial charge is 0.385 e. The fraction of sp³-hybridized carbons (Fsp3) is 0.467. The lowest BCUT2D eigenvalue weighted by Crippen LogP contribution is -2.34.